The molecule has 0 saturated carbocycles. The average Bonchev–Trinajstić information content (AvgIpc) is 3.62. The van der Waals surface area contributed by atoms with Crippen molar-refractivity contribution in [2.24, 2.45) is 0 Å². The van der Waals surface area contributed by atoms with Crippen molar-refractivity contribution in [3.8, 4) is 34.2 Å². The Morgan fingerprint density at radius 1 is 0.364 bits per heavy atom. The zero-order chi connectivity index (χ0) is 29.0. The molecule has 0 unspecified atom stereocenters. The van der Waals surface area contributed by atoms with E-state index in [1.54, 1.807) is 0 Å². The molecule has 0 aliphatic heterocycles. The number of para-hydroxylation sites is 2. The molecular formula is C37H23N7. The molecule has 0 amide bonds. The van der Waals surface area contributed by atoms with Crippen LogP contribution >= 0.6 is 0 Å². The average molecular weight is 566 g/mol. The first-order valence-electron chi connectivity index (χ1n) is 14.4. The van der Waals surface area contributed by atoms with Crippen molar-refractivity contribution in [1.29, 1.82) is 0 Å². The highest BCUT2D eigenvalue weighted by Crippen LogP contribution is 2.40. The van der Waals surface area contributed by atoms with Crippen LogP contribution in [0.3, 0.4) is 0 Å². The third kappa shape index (κ3) is 3.66. The van der Waals surface area contributed by atoms with E-state index in [1.165, 1.54) is 0 Å². The minimum Gasteiger partial charge on any atom is -0.304 e. The Bertz CT molecular complexity index is 2290. The lowest BCUT2D eigenvalue weighted by Crippen LogP contribution is -2.02. The van der Waals surface area contributed by atoms with E-state index >= 15 is 0 Å². The van der Waals surface area contributed by atoms with E-state index in [-0.39, 0.29) is 0 Å². The second-order valence-electron chi connectivity index (χ2n) is 10.7. The Kier molecular flexibility index (Phi) is 5.36. The van der Waals surface area contributed by atoms with E-state index in [0.29, 0.717) is 11.6 Å². The Morgan fingerprint density at radius 2 is 0.818 bits per heavy atom. The molecule has 0 saturated heterocycles. The lowest BCUT2D eigenvalue weighted by Gasteiger charge is -2.12. The number of benzene rings is 4. The minimum atomic E-state index is 0.683. The molecule has 44 heavy (non-hydrogen) atoms. The summed E-state index contributed by atoms with van der Waals surface area (Å²) in [5.41, 5.74) is 8.68. The minimum absolute atomic E-state index is 0.683. The third-order valence-electron chi connectivity index (χ3n) is 8.17. The fourth-order valence-electron chi connectivity index (χ4n) is 6.21. The molecule has 9 rings (SSSR count). The van der Waals surface area contributed by atoms with Gasteiger partial charge in [-0.05, 0) is 12.1 Å². The van der Waals surface area contributed by atoms with Crippen LogP contribution in [-0.4, -0.2) is 34.1 Å². The second kappa shape index (κ2) is 9.68. The van der Waals surface area contributed by atoms with Gasteiger partial charge in [0.1, 0.15) is 0 Å². The van der Waals surface area contributed by atoms with Gasteiger partial charge in [0.25, 0.3) is 0 Å². The van der Waals surface area contributed by atoms with E-state index in [0.717, 1.165) is 66.2 Å². The van der Waals surface area contributed by atoms with E-state index < -0.39 is 0 Å². The second-order valence-corrected chi connectivity index (χ2v) is 10.7. The van der Waals surface area contributed by atoms with Crippen molar-refractivity contribution in [3.63, 3.8) is 0 Å². The highest BCUT2D eigenvalue weighted by molar-refractivity contribution is 6.22. The van der Waals surface area contributed by atoms with Gasteiger partial charge in [-0.3, -0.25) is 4.98 Å². The quantitative estimate of drug-likeness (QED) is 0.215. The van der Waals surface area contributed by atoms with Crippen LogP contribution in [0.5, 0.6) is 0 Å². The fourth-order valence-corrected chi connectivity index (χ4v) is 6.21. The van der Waals surface area contributed by atoms with Crippen molar-refractivity contribution in [2.75, 3.05) is 0 Å². The van der Waals surface area contributed by atoms with Crippen LogP contribution < -0.4 is 0 Å². The largest absolute Gasteiger partial charge is 0.304 e. The van der Waals surface area contributed by atoms with Gasteiger partial charge in [-0.15, -0.1) is 0 Å². The Labute approximate surface area is 251 Å². The third-order valence-corrected chi connectivity index (χ3v) is 8.17. The number of fused-ring (bicyclic) bond motifs is 7. The topological polar surface area (TPSA) is 74.3 Å². The van der Waals surface area contributed by atoms with E-state index in [2.05, 4.69) is 57.7 Å². The van der Waals surface area contributed by atoms with Gasteiger partial charge < -0.3 is 9.13 Å². The monoisotopic (exact) mass is 565 g/mol. The van der Waals surface area contributed by atoms with Crippen LogP contribution in [0.4, 0.5) is 0 Å². The van der Waals surface area contributed by atoms with Crippen molar-refractivity contribution in [2.45, 2.75) is 0 Å². The summed E-state index contributed by atoms with van der Waals surface area (Å²) in [4.78, 5) is 24.2. The summed E-state index contributed by atoms with van der Waals surface area (Å²) in [6.07, 6.45) is 9.58. The lowest BCUT2D eigenvalue weighted by molar-refractivity contribution is 1.06. The summed E-state index contributed by atoms with van der Waals surface area (Å²) in [7, 11) is 0. The normalized spacial score (nSPS) is 11.6. The predicted molar refractivity (Wildman–Crippen MR) is 175 cm³/mol. The van der Waals surface area contributed by atoms with Gasteiger partial charge in [0, 0.05) is 33.5 Å². The SMILES string of the molecule is c1ccc(-c2ncc(-n3c4ccccc4c4cnc5c6ccccc6n(-c6cnc(-c7ccccc7)nc6)c5c43)cn2)cc1. The maximum Gasteiger partial charge on any atom is 0.159 e. The van der Waals surface area contributed by atoms with Crippen LogP contribution in [-0.2, 0) is 0 Å². The summed E-state index contributed by atoms with van der Waals surface area (Å²) in [5.74, 6) is 1.37. The van der Waals surface area contributed by atoms with Crippen LogP contribution in [0, 0.1) is 0 Å². The Hall–Kier alpha value is -6.21. The first-order valence-corrected chi connectivity index (χ1v) is 14.4. The number of pyridine rings is 1. The maximum absolute atomic E-state index is 5.05. The summed E-state index contributed by atoms with van der Waals surface area (Å²) in [5, 5.41) is 3.21. The molecule has 0 N–H and O–H groups in total. The zero-order valence-corrected chi connectivity index (χ0v) is 23.4. The van der Waals surface area contributed by atoms with Gasteiger partial charge >= 0.3 is 0 Å². The fraction of sp³-hybridized carbons (Fsp3) is 0. The van der Waals surface area contributed by atoms with Crippen LogP contribution in [0.2, 0.25) is 0 Å². The smallest absolute Gasteiger partial charge is 0.159 e. The molecule has 5 heterocycles. The number of nitrogens with zero attached hydrogens (tertiary/aromatic N) is 7. The molecule has 206 valence electrons. The van der Waals surface area contributed by atoms with Crippen LogP contribution in [0.25, 0.3) is 77.9 Å². The van der Waals surface area contributed by atoms with Gasteiger partial charge in [0.15, 0.2) is 11.6 Å². The molecule has 0 fully saturated rings. The zero-order valence-electron chi connectivity index (χ0n) is 23.4. The van der Waals surface area contributed by atoms with E-state index in [9.17, 15) is 0 Å². The standard InChI is InChI=1S/C37H23N7/c1-3-11-24(12-4-1)36-39-19-26(20-40-36)43-31-17-9-7-15-28(31)30-23-38-33-29-16-8-10-18-32(29)44(35(33)34(30)43)27-21-41-37(42-22-27)25-13-5-2-6-14-25/h1-23H. The molecule has 5 aromatic heterocycles. The van der Waals surface area contributed by atoms with Crippen LogP contribution in [0.15, 0.2) is 140 Å². The number of aromatic nitrogens is 7. The number of rotatable bonds is 4. The van der Waals surface area contributed by atoms with Crippen molar-refractivity contribution < 1.29 is 0 Å². The molecule has 0 atom stereocenters. The maximum atomic E-state index is 5.05. The van der Waals surface area contributed by atoms with Gasteiger partial charge in [-0.25, -0.2) is 19.9 Å². The summed E-state index contributed by atoms with van der Waals surface area (Å²) in [6.45, 7) is 0. The first kappa shape index (κ1) is 24.4. The van der Waals surface area contributed by atoms with Gasteiger partial charge in [-0.2, -0.15) is 0 Å². The Morgan fingerprint density at radius 3 is 1.39 bits per heavy atom. The molecule has 0 bridgehead atoms. The molecule has 7 heteroatoms. The summed E-state index contributed by atoms with van der Waals surface area (Å²) >= 11 is 0. The van der Waals surface area contributed by atoms with Gasteiger partial charge in [0.05, 0.1) is 63.7 Å². The molecule has 0 aliphatic rings. The van der Waals surface area contributed by atoms with Crippen LogP contribution in [0.1, 0.15) is 0 Å². The van der Waals surface area contributed by atoms with Crippen molar-refractivity contribution >= 4 is 43.7 Å². The molecule has 7 nitrogen and oxygen atoms in total. The molecular weight excluding hydrogens is 542 g/mol. The predicted octanol–water partition coefficient (Wildman–Crippen LogP) is 8.19. The summed E-state index contributed by atoms with van der Waals surface area (Å²) in [6, 6.07) is 36.8. The summed E-state index contributed by atoms with van der Waals surface area (Å²) < 4.78 is 4.47. The number of hydrogen-bond acceptors (Lipinski definition) is 5. The molecule has 9 aromatic rings. The van der Waals surface area contributed by atoms with Crippen molar-refractivity contribution in [3.05, 3.63) is 140 Å². The lowest BCUT2D eigenvalue weighted by atomic mass is 10.2. The van der Waals surface area contributed by atoms with Gasteiger partial charge in [-0.1, -0.05) is 97.1 Å². The van der Waals surface area contributed by atoms with E-state index in [4.69, 9.17) is 24.9 Å². The Balaban J connectivity index is 1.35. The van der Waals surface area contributed by atoms with E-state index in [1.807, 2.05) is 91.6 Å². The molecule has 4 aromatic carbocycles. The molecule has 0 aliphatic carbocycles. The molecule has 0 radical (unpaired) electrons. The van der Waals surface area contributed by atoms with Gasteiger partial charge in [0.2, 0.25) is 0 Å². The highest BCUT2D eigenvalue weighted by Gasteiger charge is 2.22. The van der Waals surface area contributed by atoms with Crippen molar-refractivity contribution in [1.82, 2.24) is 34.1 Å². The molecule has 0 spiro atoms. The first-order chi connectivity index (χ1) is 21.8. The number of hydrogen-bond donors (Lipinski definition) is 0. The highest BCUT2D eigenvalue weighted by atomic mass is 15.1.